The molecule has 1 aliphatic rings. The van der Waals surface area contributed by atoms with E-state index in [-0.39, 0.29) is 13.1 Å². The SMILES string of the molecule is Cc1cccc(C)c1N1CCN(S(=O)(=O)c2ccc(F)cc2F)CC1. The van der Waals surface area contributed by atoms with Crippen molar-refractivity contribution in [2.45, 2.75) is 18.7 Å². The zero-order chi connectivity index (χ0) is 18.2. The van der Waals surface area contributed by atoms with Gasteiger partial charge in [-0.05, 0) is 37.1 Å². The molecule has 1 aliphatic heterocycles. The van der Waals surface area contributed by atoms with Crippen LogP contribution in [0.3, 0.4) is 0 Å². The quantitative estimate of drug-likeness (QED) is 0.838. The maximum absolute atomic E-state index is 13.9. The number of benzene rings is 2. The summed E-state index contributed by atoms with van der Waals surface area (Å²) in [5.74, 6) is -1.85. The zero-order valence-corrected chi connectivity index (χ0v) is 15.0. The number of hydrogen-bond acceptors (Lipinski definition) is 3. The molecule has 0 saturated carbocycles. The van der Waals surface area contributed by atoms with Gasteiger partial charge in [-0.1, -0.05) is 18.2 Å². The molecule has 4 nitrogen and oxygen atoms in total. The molecular formula is C18H20F2N2O2S. The summed E-state index contributed by atoms with van der Waals surface area (Å²) in [5, 5.41) is 0. The van der Waals surface area contributed by atoms with Gasteiger partial charge in [-0.2, -0.15) is 4.31 Å². The molecule has 0 atom stereocenters. The molecule has 0 bridgehead atoms. The molecule has 2 aromatic carbocycles. The van der Waals surface area contributed by atoms with Crippen molar-refractivity contribution in [2.24, 2.45) is 0 Å². The van der Waals surface area contributed by atoms with Crippen molar-refractivity contribution in [1.29, 1.82) is 0 Å². The molecule has 1 heterocycles. The second-order valence-electron chi connectivity index (χ2n) is 6.21. The zero-order valence-electron chi connectivity index (χ0n) is 14.2. The Balaban J connectivity index is 1.80. The molecule has 134 valence electrons. The van der Waals surface area contributed by atoms with E-state index >= 15 is 0 Å². The van der Waals surface area contributed by atoms with E-state index in [0.29, 0.717) is 19.2 Å². The molecule has 1 saturated heterocycles. The highest BCUT2D eigenvalue weighted by atomic mass is 32.2. The molecule has 0 unspecified atom stereocenters. The lowest BCUT2D eigenvalue weighted by Crippen LogP contribution is -2.49. The van der Waals surface area contributed by atoms with Gasteiger partial charge >= 0.3 is 0 Å². The van der Waals surface area contributed by atoms with E-state index in [4.69, 9.17) is 0 Å². The van der Waals surface area contributed by atoms with Gasteiger partial charge in [0, 0.05) is 37.9 Å². The van der Waals surface area contributed by atoms with E-state index in [9.17, 15) is 17.2 Å². The van der Waals surface area contributed by atoms with E-state index < -0.39 is 26.6 Å². The average molecular weight is 366 g/mol. The first-order valence-corrected chi connectivity index (χ1v) is 9.51. The van der Waals surface area contributed by atoms with Gasteiger partial charge in [-0.3, -0.25) is 0 Å². The lowest BCUT2D eigenvalue weighted by molar-refractivity contribution is 0.382. The lowest BCUT2D eigenvalue weighted by Gasteiger charge is -2.36. The molecule has 0 aliphatic carbocycles. The molecule has 3 rings (SSSR count). The van der Waals surface area contributed by atoms with Crippen LogP contribution in [0.15, 0.2) is 41.3 Å². The van der Waals surface area contributed by atoms with Crippen molar-refractivity contribution in [1.82, 2.24) is 4.31 Å². The van der Waals surface area contributed by atoms with Crippen molar-refractivity contribution in [3.8, 4) is 0 Å². The first-order chi connectivity index (χ1) is 11.8. The van der Waals surface area contributed by atoms with E-state index in [1.165, 1.54) is 4.31 Å². The number of para-hydroxylation sites is 1. The number of halogens is 2. The van der Waals surface area contributed by atoms with Crippen molar-refractivity contribution >= 4 is 15.7 Å². The average Bonchev–Trinajstić information content (AvgIpc) is 2.55. The number of piperazine rings is 1. The van der Waals surface area contributed by atoms with Crippen LogP contribution in [0.1, 0.15) is 11.1 Å². The lowest BCUT2D eigenvalue weighted by atomic mass is 10.1. The van der Waals surface area contributed by atoms with Gasteiger partial charge in [0.2, 0.25) is 10.0 Å². The fourth-order valence-corrected chi connectivity index (χ4v) is 4.75. The summed E-state index contributed by atoms with van der Waals surface area (Å²) >= 11 is 0. The van der Waals surface area contributed by atoms with Crippen LogP contribution in [0.5, 0.6) is 0 Å². The van der Waals surface area contributed by atoms with E-state index in [0.717, 1.165) is 28.9 Å². The van der Waals surface area contributed by atoms with Gasteiger partial charge in [-0.25, -0.2) is 17.2 Å². The van der Waals surface area contributed by atoms with Crippen LogP contribution >= 0.6 is 0 Å². The summed E-state index contributed by atoms with van der Waals surface area (Å²) in [6.07, 6.45) is 0. The third-order valence-corrected chi connectivity index (χ3v) is 6.44. The Bertz CT molecular complexity index is 872. The molecule has 0 N–H and O–H groups in total. The van der Waals surface area contributed by atoms with Gasteiger partial charge < -0.3 is 4.90 Å². The summed E-state index contributed by atoms with van der Waals surface area (Å²) < 4.78 is 53.5. The molecule has 25 heavy (non-hydrogen) atoms. The number of anilines is 1. The van der Waals surface area contributed by atoms with Crippen LogP contribution in [0, 0.1) is 25.5 Å². The second-order valence-corrected chi connectivity index (χ2v) is 8.11. The number of nitrogens with zero attached hydrogens (tertiary/aromatic N) is 2. The number of hydrogen-bond donors (Lipinski definition) is 0. The minimum atomic E-state index is -3.97. The fraction of sp³-hybridized carbons (Fsp3) is 0.333. The maximum atomic E-state index is 13.9. The van der Waals surface area contributed by atoms with Crippen LogP contribution in [-0.4, -0.2) is 38.9 Å². The summed E-state index contributed by atoms with van der Waals surface area (Å²) in [5.41, 5.74) is 3.40. The Morgan fingerprint density at radius 2 is 1.52 bits per heavy atom. The summed E-state index contributed by atoms with van der Waals surface area (Å²) in [4.78, 5) is 1.67. The molecule has 0 amide bonds. The van der Waals surface area contributed by atoms with E-state index in [1.54, 1.807) is 0 Å². The Hall–Kier alpha value is -1.99. The first kappa shape index (κ1) is 17.8. The van der Waals surface area contributed by atoms with Crippen molar-refractivity contribution in [3.05, 3.63) is 59.2 Å². The third-order valence-electron chi connectivity index (χ3n) is 4.51. The Labute approximate surface area is 146 Å². The summed E-state index contributed by atoms with van der Waals surface area (Å²) in [6, 6.07) is 8.59. The van der Waals surface area contributed by atoms with Gasteiger partial charge in [0.15, 0.2) is 0 Å². The van der Waals surface area contributed by atoms with Crippen molar-refractivity contribution in [3.63, 3.8) is 0 Å². The molecular weight excluding hydrogens is 346 g/mol. The molecule has 2 aromatic rings. The molecule has 0 radical (unpaired) electrons. The van der Waals surface area contributed by atoms with E-state index in [1.807, 2.05) is 32.0 Å². The predicted molar refractivity (Wildman–Crippen MR) is 93.2 cm³/mol. The highest BCUT2D eigenvalue weighted by molar-refractivity contribution is 7.89. The van der Waals surface area contributed by atoms with Crippen molar-refractivity contribution in [2.75, 3.05) is 31.1 Å². The Morgan fingerprint density at radius 1 is 0.920 bits per heavy atom. The summed E-state index contributed by atoms with van der Waals surface area (Å²) in [6.45, 7) is 5.61. The largest absolute Gasteiger partial charge is 0.368 e. The minimum absolute atomic E-state index is 0.257. The molecule has 0 aromatic heterocycles. The summed E-state index contributed by atoms with van der Waals surface area (Å²) in [7, 11) is -3.97. The minimum Gasteiger partial charge on any atom is -0.368 e. The molecule has 7 heteroatoms. The van der Waals surface area contributed by atoms with Crippen LogP contribution < -0.4 is 4.90 Å². The third kappa shape index (κ3) is 3.39. The van der Waals surface area contributed by atoms with Gasteiger partial charge in [0.25, 0.3) is 0 Å². The fourth-order valence-electron chi connectivity index (χ4n) is 3.28. The van der Waals surface area contributed by atoms with Crippen molar-refractivity contribution < 1.29 is 17.2 Å². The Morgan fingerprint density at radius 3 is 2.08 bits per heavy atom. The van der Waals surface area contributed by atoms with Crippen LogP contribution in [0.25, 0.3) is 0 Å². The maximum Gasteiger partial charge on any atom is 0.246 e. The first-order valence-electron chi connectivity index (χ1n) is 8.07. The van der Waals surface area contributed by atoms with Crippen LogP contribution in [0.2, 0.25) is 0 Å². The molecule has 0 spiro atoms. The normalized spacial score (nSPS) is 16.2. The second kappa shape index (κ2) is 6.72. The number of aryl methyl sites for hydroxylation is 2. The predicted octanol–water partition coefficient (Wildman–Crippen LogP) is 3.09. The molecule has 1 fully saturated rings. The standard InChI is InChI=1S/C18H20F2N2O2S/c1-13-4-3-5-14(2)18(13)21-8-10-22(11-9-21)25(23,24)17-7-6-15(19)12-16(17)20/h3-7,12H,8-11H2,1-2H3. The highest BCUT2D eigenvalue weighted by Gasteiger charge is 2.31. The number of rotatable bonds is 3. The van der Waals surface area contributed by atoms with E-state index in [2.05, 4.69) is 4.90 Å². The number of sulfonamides is 1. The smallest absolute Gasteiger partial charge is 0.246 e. The monoisotopic (exact) mass is 366 g/mol. The van der Waals surface area contributed by atoms with Gasteiger partial charge in [0.05, 0.1) is 0 Å². The highest BCUT2D eigenvalue weighted by Crippen LogP contribution is 2.27. The Kier molecular flexibility index (Phi) is 4.79. The van der Waals surface area contributed by atoms with Gasteiger partial charge in [0.1, 0.15) is 16.5 Å². The topological polar surface area (TPSA) is 40.6 Å². The van der Waals surface area contributed by atoms with Gasteiger partial charge in [-0.15, -0.1) is 0 Å². The van der Waals surface area contributed by atoms with Crippen LogP contribution in [-0.2, 0) is 10.0 Å². The van der Waals surface area contributed by atoms with Crippen LogP contribution in [0.4, 0.5) is 14.5 Å².